The highest BCUT2D eigenvalue weighted by molar-refractivity contribution is 5.89. The molecule has 1 aromatic carbocycles. The molecule has 0 amide bonds. The number of unbranched alkanes of at least 4 members (excludes halogenated alkanes) is 2. The Morgan fingerprint density at radius 3 is 2.67 bits per heavy atom. The summed E-state index contributed by atoms with van der Waals surface area (Å²) in [4.78, 5) is 19.1. The van der Waals surface area contributed by atoms with E-state index in [0.29, 0.717) is 31.8 Å². The number of hydrogen-bond acceptors (Lipinski definition) is 5. The van der Waals surface area contributed by atoms with E-state index in [-0.39, 0.29) is 12.1 Å². The smallest absolute Gasteiger partial charge is 0.338 e. The fraction of sp³-hybridized carbons (Fsp3) is 0.524. The van der Waals surface area contributed by atoms with Crippen LogP contribution in [0.15, 0.2) is 36.7 Å². The van der Waals surface area contributed by atoms with Crippen molar-refractivity contribution in [3.05, 3.63) is 53.6 Å². The van der Waals surface area contributed by atoms with Crippen LogP contribution in [0, 0.1) is 0 Å². The van der Waals surface area contributed by atoms with Gasteiger partial charge in [-0.3, -0.25) is 0 Å². The molecule has 2 aromatic rings. The molecule has 0 aliphatic rings. The zero-order chi connectivity index (χ0) is 19.3. The van der Waals surface area contributed by atoms with Crippen LogP contribution < -0.4 is 0 Å². The Morgan fingerprint density at radius 1 is 1.19 bits per heavy atom. The topological polar surface area (TPSA) is 73.4 Å². The molecule has 0 bridgehead atoms. The van der Waals surface area contributed by atoms with E-state index in [9.17, 15) is 4.79 Å². The van der Waals surface area contributed by atoms with Gasteiger partial charge in [-0.2, -0.15) is 0 Å². The van der Waals surface area contributed by atoms with Crippen LogP contribution in [0.25, 0.3) is 0 Å². The lowest BCUT2D eigenvalue weighted by atomic mass is 10.1. The van der Waals surface area contributed by atoms with E-state index >= 15 is 0 Å². The van der Waals surface area contributed by atoms with Crippen LogP contribution in [-0.2, 0) is 27.2 Å². The number of benzene rings is 1. The third kappa shape index (κ3) is 7.93. The third-order valence-corrected chi connectivity index (χ3v) is 4.12. The summed E-state index contributed by atoms with van der Waals surface area (Å²) in [5.41, 5.74) is 1.55. The van der Waals surface area contributed by atoms with Gasteiger partial charge in [-0.25, -0.2) is 9.78 Å². The van der Waals surface area contributed by atoms with Crippen LogP contribution in [0.2, 0.25) is 0 Å². The lowest BCUT2D eigenvalue weighted by molar-refractivity contribution is -0.0256. The van der Waals surface area contributed by atoms with Gasteiger partial charge in [0.1, 0.15) is 5.82 Å². The SMILES string of the molecule is CCCCCOCC(Cc1ncc[nH]1)OCc1ccc(C(=O)OCC)cc1. The molecule has 1 heterocycles. The average molecular weight is 374 g/mol. The van der Waals surface area contributed by atoms with E-state index < -0.39 is 0 Å². The van der Waals surface area contributed by atoms with E-state index in [1.165, 1.54) is 12.8 Å². The van der Waals surface area contributed by atoms with Crippen LogP contribution >= 0.6 is 0 Å². The van der Waals surface area contributed by atoms with Gasteiger partial charge in [-0.1, -0.05) is 31.9 Å². The van der Waals surface area contributed by atoms with Crippen molar-refractivity contribution in [1.82, 2.24) is 9.97 Å². The number of carbonyl (C=O) groups is 1. The fourth-order valence-electron chi connectivity index (χ4n) is 2.63. The molecular weight excluding hydrogens is 344 g/mol. The molecule has 0 saturated carbocycles. The Morgan fingerprint density at radius 2 is 2.00 bits per heavy atom. The summed E-state index contributed by atoms with van der Waals surface area (Å²) >= 11 is 0. The first-order valence-electron chi connectivity index (χ1n) is 9.66. The van der Waals surface area contributed by atoms with Crippen molar-refractivity contribution in [2.24, 2.45) is 0 Å². The molecule has 6 nitrogen and oxygen atoms in total. The summed E-state index contributed by atoms with van der Waals surface area (Å²) in [5.74, 6) is 0.580. The minimum atomic E-state index is -0.304. The van der Waals surface area contributed by atoms with Crippen LogP contribution in [-0.4, -0.2) is 41.9 Å². The number of nitrogens with one attached hydrogen (secondary N) is 1. The van der Waals surface area contributed by atoms with Crippen molar-refractivity contribution in [3.8, 4) is 0 Å². The summed E-state index contributed by atoms with van der Waals surface area (Å²) in [5, 5.41) is 0. The van der Waals surface area contributed by atoms with E-state index in [0.717, 1.165) is 24.4 Å². The summed E-state index contributed by atoms with van der Waals surface area (Å²) in [7, 11) is 0. The molecule has 0 fully saturated rings. The first-order chi connectivity index (χ1) is 13.2. The van der Waals surface area contributed by atoms with Gasteiger partial charge in [-0.15, -0.1) is 0 Å². The first kappa shape index (κ1) is 21.1. The second-order valence-corrected chi connectivity index (χ2v) is 6.37. The summed E-state index contributed by atoms with van der Waals surface area (Å²) in [6, 6.07) is 7.30. The van der Waals surface area contributed by atoms with Gasteiger partial charge >= 0.3 is 5.97 Å². The Kier molecular flexibility index (Phi) is 9.58. The Labute approximate surface area is 161 Å². The van der Waals surface area contributed by atoms with Gasteiger partial charge in [0.15, 0.2) is 0 Å². The molecule has 0 radical (unpaired) electrons. The zero-order valence-corrected chi connectivity index (χ0v) is 16.3. The molecule has 0 aliphatic carbocycles. The van der Waals surface area contributed by atoms with E-state index in [2.05, 4.69) is 16.9 Å². The number of aromatic amines is 1. The highest BCUT2D eigenvalue weighted by Gasteiger charge is 2.13. The predicted molar refractivity (Wildman–Crippen MR) is 104 cm³/mol. The number of imidazole rings is 1. The van der Waals surface area contributed by atoms with Gasteiger partial charge in [0.05, 0.1) is 31.5 Å². The van der Waals surface area contributed by atoms with Gasteiger partial charge < -0.3 is 19.2 Å². The molecule has 1 N–H and O–H groups in total. The molecule has 1 aromatic heterocycles. The number of carbonyl (C=O) groups excluding carboxylic acids is 1. The number of esters is 1. The van der Waals surface area contributed by atoms with Gasteiger partial charge in [0, 0.05) is 25.4 Å². The average Bonchev–Trinajstić information content (AvgIpc) is 3.19. The number of rotatable bonds is 13. The maximum atomic E-state index is 11.7. The monoisotopic (exact) mass is 374 g/mol. The van der Waals surface area contributed by atoms with Crippen molar-refractivity contribution in [1.29, 1.82) is 0 Å². The van der Waals surface area contributed by atoms with Crippen LogP contribution in [0.3, 0.4) is 0 Å². The van der Waals surface area contributed by atoms with Crippen LogP contribution in [0.1, 0.15) is 54.9 Å². The zero-order valence-electron chi connectivity index (χ0n) is 16.3. The second kappa shape index (κ2) is 12.3. The minimum absolute atomic E-state index is 0.0810. The quantitative estimate of drug-likeness (QED) is 0.425. The van der Waals surface area contributed by atoms with E-state index in [4.69, 9.17) is 14.2 Å². The highest BCUT2D eigenvalue weighted by Crippen LogP contribution is 2.11. The number of H-pyrrole nitrogens is 1. The van der Waals surface area contributed by atoms with E-state index in [1.54, 1.807) is 25.3 Å². The molecule has 2 rings (SSSR count). The largest absolute Gasteiger partial charge is 0.462 e. The molecular formula is C21H30N2O4. The van der Waals surface area contributed by atoms with Gasteiger partial charge in [-0.05, 0) is 31.0 Å². The summed E-state index contributed by atoms with van der Waals surface area (Å²) in [6.07, 6.45) is 7.56. The number of hydrogen-bond donors (Lipinski definition) is 1. The van der Waals surface area contributed by atoms with Gasteiger partial charge in [0.2, 0.25) is 0 Å². The molecule has 148 valence electrons. The normalized spacial score (nSPS) is 12.1. The number of aromatic nitrogens is 2. The summed E-state index contributed by atoms with van der Waals surface area (Å²) < 4.78 is 16.8. The number of ether oxygens (including phenoxy) is 3. The standard InChI is InChI=1S/C21H30N2O4/c1-3-5-6-13-25-16-19(14-20-22-11-12-23-20)27-15-17-7-9-18(10-8-17)21(24)26-4-2/h7-12,19H,3-6,13-16H2,1-2H3,(H,22,23). The lowest BCUT2D eigenvalue weighted by Crippen LogP contribution is -2.23. The molecule has 6 heteroatoms. The van der Waals surface area contributed by atoms with Crippen LogP contribution in [0.5, 0.6) is 0 Å². The second-order valence-electron chi connectivity index (χ2n) is 6.37. The maximum absolute atomic E-state index is 11.7. The molecule has 27 heavy (non-hydrogen) atoms. The van der Waals surface area contributed by atoms with Crippen molar-refractivity contribution in [2.45, 2.75) is 52.2 Å². The molecule has 1 atom stereocenters. The third-order valence-electron chi connectivity index (χ3n) is 4.12. The Hall–Kier alpha value is -2.18. The summed E-state index contributed by atoms with van der Waals surface area (Å²) in [6.45, 7) is 6.08. The molecule has 1 unspecified atom stereocenters. The predicted octanol–water partition coefficient (Wildman–Crippen LogP) is 3.92. The van der Waals surface area contributed by atoms with Crippen molar-refractivity contribution in [3.63, 3.8) is 0 Å². The van der Waals surface area contributed by atoms with Crippen molar-refractivity contribution in [2.75, 3.05) is 19.8 Å². The Balaban J connectivity index is 1.85. The Bertz CT molecular complexity index is 641. The number of nitrogens with zero attached hydrogens (tertiary/aromatic N) is 1. The van der Waals surface area contributed by atoms with Crippen molar-refractivity contribution >= 4 is 5.97 Å². The van der Waals surface area contributed by atoms with Crippen LogP contribution in [0.4, 0.5) is 0 Å². The minimum Gasteiger partial charge on any atom is -0.462 e. The molecule has 0 aliphatic heterocycles. The van der Waals surface area contributed by atoms with Crippen molar-refractivity contribution < 1.29 is 19.0 Å². The van der Waals surface area contributed by atoms with Gasteiger partial charge in [0.25, 0.3) is 0 Å². The molecule has 0 spiro atoms. The first-order valence-corrected chi connectivity index (χ1v) is 9.66. The lowest BCUT2D eigenvalue weighted by Gasteiger charge is -2.17. The molecule has 0 saturated heterocycles. The highest BCUT2D eigenvalue weighted by atomic mass is 16.5. The van der Waals surface area contributed by atoms with E-state index in [1.807, 2.05) is 18.3 Å². The maximum Gasteiger partial charge on any atom is 0.338 e. The fourth-order valence-corrected chi connectivity index (χ4v) is 2.63.